The largest absolute Gasteiger partial charge is 0.299 e. The standard InChI is InChI=1S/C12H16O/c1-4-6-11(2)7-5-8-12(3)9-10-13/h4-10H,1-3H3. The predicted octanol–water partition coefficient (Wildman–Crippen LogP) is 3.21. The molecule has 0 unspecified atom stereocenters. The van der Waals surface area contributed by atoms with Gasteiger partial charge in [0, 0.05) is 0 Å². The van der Waals surface area contributed by atoms with E-state index < -0.39 is 0 Å². The summed E-state index contributed by atoms with van der Waals surface area (Å²) in [4.78, 5) is 10.1. The van der Waals surface area contributed by atoms with E-state index in [1.165, 1.54) is 11.6 Å². The molecule has 0 amide bonds. The summed E-state index contributed by atoms with van der Waals surface area (Å²) in [6.07, 6.45) is 12.2. The topological polar surface area (TPSA) is 17.1 Å². The van der Waals surface area contributed by atoms with Crippen molar-refractivity contribution >= 4 is 6.29 Å². The van der Waals surface area contributed by atoms with E-state index in [-0.39, 0.29) is 0 Å². The monoisotopic (exact) mass is 176 g/mol. The number of rotatable bonds is 4. The van der Waals surface area contributed by atoms with Crippen LogP contribution in [0.1, 0.15) is 20.8 Å². The summed E-state index contributed by atoms with van der Waals surface area (Å²) >= 11 is 0. The van der Waals surface area contributed by atoms with Crippen LogP contribution in [0.4, 0.5) is 0 Å². The molecule has 0 aromatic carbocycles. The molecule has 1 nitrogen and oxygen atoms in total. The molecule has 0 radical (unpaired) electrons. The molecule has 0 aliphatic heterocycles. The highest BCUT2D eigenvalue weighted by molar-refractivity contribution is 5.66. The Labute approximate surface area is 80.2 Å². The van der Waals surface area contributed by atoms with E-state index >= 15 is 0 Å². The summed E-state index contributed by atoms with van der Waals surface area (Å²) in [5, 5.41) is 0. The Balaban J connectivity index is 4.21. The van der Waals surface area contributed by atoms with Crippen LogP contribution in [0.3, 0.4) is 0 Å². The highest BCUT2D eigenvalue weighted by Crippen LogP contribution is 1.98. The van der Waals surface area contributed by atoms with Gasteiger partial charge in [0.2, 0.25) is 0 Å². The fraction of sp³-hybridized carbons (Fsp3) is 0.250. The molecule has 0 aliphatic rings. The quantitative estimate of drug-likeness (QED) is 0.365. The number of aldehydes is 1. The lowest BCUT2D eigenvalue weighted by Crippen LogP contribution is -1.69. The highest BCUT2D eigenvalue weighted by Gasteiger charge is 1.78. The molecule has 0 aromatic heterocycles. The smallest absolute Gasteiger partial charge is 0.143 e. The first-order valence-electron chi connectivity index (χ1n) is 4.30. The van der Waals surface area contributed by atoms with E-state index in [1.807, 2.05) is 51.2 Å². The number of hydrogen-bond donors (Lipinski definition) is 0. The maximum atomic E-state index is 10.1. The molecule has 1 heteroatoms. The third kappa shape index (κ3) is 7.01. The lowest BCUT2D eigenvalue weighted by atomic mass is 10.2. The summed E-state index contributed by atoms with van der Waals surface area (Å²) in [6, 6.07) is 0. The molecular formula is C12H16O. The van der Waals surface area contributed by atoms with Gasteiger partial charge in [-0.15, -0.1) is 0 Å². The molecule has 0 aromatic rings. The molecule has 0 saturated heterocycles. The normalized spacial score (nSPS) is 14.4. The number of carbonyl (C=O) groups is 1. The predicted molar refractivity (Wildman–Crippen MR) is 57.5 cm³/mol. The zero-order valence-corrected chi connectivity index (χ0v) is 8.45. The van der Waals surface area contributed by atoms with Gasteiger partial charge in [0.05, 0.1) is 0 Å². The van der Waals surface area contributed by atoms with E-state index in [9.17, 15) is 4.79 Å². The van der Waals surface area contributed by atoms with Crippen molar-refractivity contribution in [2.45, 2.75) is 20.8 Å². The third-order valence-corrected chi connectivity index (χ3v) is 1.48. The molecule has 0 spiro atoms. The number of hydrogen-bond acceptors (Lipinski definition) is 1. The molecule has 0 heterocycles. The zero-order chi connectivity index (χ0) is 10.1. The summed E-state index contributed by atoms with van der Waals surface area (Å²) in [6.45, 7) is 5.91. The second-order valence-electron chi connectivity index (χ2n) is 2.82. The van der Waals surface area contributed by atoms with Crippen LogP contribution in [0, 0.1) is 0 Å². The summed E-state index contributed by atoms with van der Waals surface area (Å²) in [5.74, 6) is 0. The third-order valence-electron chi connectivity index (χ3n) is 1.48. The Morgan fingerprint density at radius 3 is 2.15 bits per heavy atom. The molecule has 13 heavy (non-hydrogen) atoms. The second-order valence-corrected chi connectivity index (χ2v) is 2.82. The van der Waals surface area contributed by atoms with Gasteiger partial charge >= 0.3 is 0 Å². The highest BCUT2D eigenvalue weighted by atomic mass is 16.1. The van der Waals surface area contributed by atoms with Gasteiger partial charge < -0.3 is 0 Å². The minimum Gasteiger partial charge on any atom is -0.299 e. The minimum absolute atomic E-state index is 0.794. The second kappa shape index (κ2) is 7.29. The first kappa shape index (κ1) is 11.6. The Morgan fingerprint density at radius 2 is 1.62 bits per heavy atom. The van der Waals surface area contributed by atoms with Gasteiger partial charge in [-0.2, -0.15) is 0 Å². The first-order chi connectivity index (χ1) is 6.20. The van der Waals surface area contributed by atoms with Gasteiger partial charge in [-0.05, 0) is 32.4 Å². The van der Waals surface area contributed by atoms with Crippen molar-refractivity contribution in [1.29, 1.82) is 0 Å². The average Bonchev–Trinajstić information content (AvgIpc) is 2.05. The lowest BCUT2D eigenvalue weighted by Gasteiger charge is -1.87. The first-order valence-corrected chi connectivity index (χ1v) is 4.30. The molecule has 0 atom stereocenters. The van der Waals surface area contributed by atoms with Crippen molar-refractivity contribution in [1.82, 2.24) is 0 Å². The van der Waals surface area contributed by atoms with E-state index in [1.54, 1.807) is 0 Å². The van der Waals surface area contributed by atoms with Crippen molar-refractivity contribution in [2.24, 2.45) is 0 Å². The summed E-state index contributed by atoms with van der Waals surface area (Å²) < 4.78 is 0. The SMILES string of the molecule is CC=CC(C)=CC=CC(C)=CC=O. The van der Waals surface area contributed by atoms with Crippen LogP contribution in [0.5, 0.6) is 0 Å². The van der Waals surface area contributed by atoms with Crippen LogP contribution >= 0.6 is 0 Å². The Morgan fingerprint density at radius 1 is 1.00 bits per heavy atom. The average molecular weight is 176 g/mol. The molecule has 0 N–H and O–H groups in total. The van der Waals surface area contributed by atoms with Crippen molar-refractivity contribution in [2.75, 3.05) is 0 Å². The summed E-state index contributed by atoms with van der Waals surface area (Å²) in [7, 11) is 0. The fourth-order valence-corrected chi connectivity index (χ4v) is 0.833. The number of carbonyl (C=O) groups excluding carboxylic acids is 1. The molecular weight excluding hydrogens is 160 g/mol. The van der Waals surface area contributed by atoms with Crippen LogP contribution in [0.2, 0.25) is 0 Å². The van der Waals surface area contributed by atoms with Crippen LogP contribution in [0.25, 0.3) is 0 Å². The molecule has 0 fully saturated rings. The fourth-order valence-electron chi connectivity index (χ4n) is 0.833. The number of allylic oxidation sites excluding steroid dienone is 8. The molecule has 70 valence electrons. The van der Waals surface area contributed by atoms with Gasteiger partial charge in [0.25, 0.3) is 0 Å². The Hall–Kier alpha value is -1.37. The minimum atomic E-state index is 0.794. The Bertz CT molecular complexity index is 265. The van der Waals surface area contributed by atoms with Crippen molar-refractivity contribution in [3.05, 3.63) is 47.6 Å². The van der Waals surface area contributed by atoms with Crippen LogP contribution in [-0.2, 0) is 4.79 Å². The van der Waals surface area contributed by atoms with E-state index in [2.05, 4.69) is 0 Å². The summed E-state index contributed by atoms with van der Waals surface area (Å²) in [5.41, 5.74) is 2.15. The van der Waals surface area contributed by atoms with Crippen molar-refractivity contribution in [3.63, 3.8) is 0 Å². The Kier molecular flexibility index (Phi) is 6.52. The molecule has 0 bridgehead atoms. The van der Waals surface area contributed by atoms with Crippen LogP contribution in [-0.4, -0.2) is 6.29 Å². The lowest BCUT2D eigenvalue weighted by molar-refractivity contribution is -0.104. The van der Waals surface area contributed by atoms with Crippen LogP contribution in [0.15, 0.2) is 47.6 Å². The van der Waals surface area contributed by atoms with Crippen LogP contribution < -0.4 is 0 Å². The van der Waals surface area contributed by atoms with Gasteiger partial charge in [0.1, 0.15) is 6.29 Å². The van der Waals surface area contributed by atoms with E-state index in [0.29, 0.717) is 0 Å². The van der Waals surface area contributed by atoms with Crippen molar-refractivity contribution < 1.29 is 4.79 Å². The van der Waals surface area contributed by atoms with Gasteiger partial charge in [0.15, 0.2) is 0 Å². The van der Waals surface area contributed by atoms with Crippen molar-refractivity contribution in [3.8, 4) is 0 Å². The van der Waals surface area contributed by atoms with Gasteiger partial charge in [-0.25, -0.2) is 0 Å². The molecule has 0 aliphatic carbocycles. The maximum absolute atomic E-state index is 10.1. The van der Waals surface area contributed by atoms with E-state index in [4.69, 9.17) is 0 Å². The van der Waals surface area contributed by atoms with Gasteiger partial charge in [-0.3, -0.25) is 4.79 Å². The maximum Gasteiger partial charge on any atom is 0.143 e. The molecule has 0 saturated carbocycles. The van der Waals surface area contributed by atoms with Gasteiger partial charge in [-0.1, -0.05) is 36.0 Å². The zero-order valence-electron chi connectivity index (χ0n) is 8.45. The molecule has 0 rings (SSSR count). The van der Waals surface area contributed by atoms with E-state index in [0.717, 1.165) is 11.9 Å².